The molecule has 0 N–H and O–H groups in total. The Morgan fingerprint density at radius 2 is 2.22 bits per heavy atom. The Hall–Kier alpha value is -1.79. The number of benzene rings is 1. The molecular formula is C20H26ClNO5. The number of ether oxygens (including phenoxy) is 3. The second kappa shape index (κ2) is 9.42. The summed E-state index contributed by atoms with van der Waals surface area (Å²) in [5.41, 5.74) is 1.32. The van der Waals surface area contributed by atoms with Gasteiger partial charge in [-0.25, -0.2) is 4.79 Å². The number of rotatable bonds is 10. The van der Waals surface area contributed by atoms with Crippen LogP contribution < -0.4 is 4.74 Å². The number of carbonyl (C=O) groups is 1. The molecule has 1 heterocycles. The largest absolute Gasteiger partial charge is 0.478 e. The summed E-state index contributed by atoms with van der Waals surface area (Å²) in [6, 6.07) is 5.26. The molecule has 1 aliphatic heterocycles. The minimum atomic E-state index is -0.648. The normalized spacial score (nSPS) is 20.0. The molecule has 0 aromatic heterocycles. The Morgan fingerprint density at radius 3 is 2.93 bits per heavy atom. The summed E-state index contributed by atoms with van der Waals surface area (Å²) in [6.07, 6.45) is 3.98. The molecule has 6 nitrogen and oxygen atoms in total. The Kier molecular flexibility index (Phi) is 6.96. The van der Waals surface area contributed by atoms with Gasteiger partial charge in [-0.05, 0) is 37.0 Å². The van der Waals surface area contributed by atoms with Crippen molar-refractivity contribution >= 4 is 23.3 Å². The summed E-state index contributed by atoms with van der Waals surface area (Å²) in [5.74, 6) is 0.675. The van der Waals surface area contributed by atoms with Crippen molar-refractivity contribution in [3.8, 4) is 5.75 Å². The van der Waals surface area contributed by atoms with Gasteiger partial charge in [-0.3, -0.25) is 0 Å². The van der Waals surface area contributed by atoms with Gasteiger partial charge in [0.2, 0.25) is 0 Å². The predicted octanol–water partition coefficient (Wildman–Crippen LogP) is 3.98. The first kappa shape index (κ1) is 20.0. The number of carbonyl (C=O) groups excluding carboxylic acids is 1. The summed E-state index contributed by atoms with van der Waals surface area (Å²) >= 11 is 6.21. The zero-order chi connectivity index (χ0) is 19.2. The molecule has 2 aliphatic rings. The van der Waals surface area contributed by atoms with Crippen LogP contribution in [0.2, 0.25) is 5.02 Å². The van der Waals surface area contributed by atoms with Gasteiger partial charge in [0.15, 0.2) is 6.10 Å². The zero-order valence-corrected chi connectivity index (χ0v) is 16.5. The van der Waals surface area contributed by atoms with Crippen LogP contribution in [-0.2, 0) is 19.1 Å². The number of unbranched alkanes of at least 4 members (excludes halogenated alkanes) is 1. The van der Waals surface area contributed by atoms with Gasteiger partial charge >= 0.3 is 5.97 Å². The van der Waals surface area contributed by atoms with Crippen LogP contribution in [0, 0.1) is 5.92 Å². The monoisotopic (exact) mass is 395 g/mol. The number of methoxy groups -OCH3 is 1. The third kappa shape index (κ3) is 5.36. The molecular weight excluding hydrogens is 370 g/mol. The summed E-state index contributed by atoms with van der Waals surface area (Å²) in [5, 5.41) is 4.70. The van der Waals surface area contributed by atoms with Crippen molar-refractivity contribution < 1.29 is 23.8 Å². The fraction of sp³-hybridized carbons (Fsp3) is 0.600. The molecule has 1 aromatic carbocycles. The van der Waals surface area contributed by atoms with Crippen molar-refractivity contribution in [2.24, 2.45) is 11.1 Å². The van der Waals surface area contributed by atoms with E-state index in [2.05, 4.69) is 12.1 Å². The molecule has 27 heavy (non-hydrogen) atoms. The van der Waals surface area contributed by atoms with Gasteiger partial charge in [0.1, 0.15) is 24.2 Å². The molecule has 3 rings (SSSR count). The molecule has 1 fully saturated rings. The van der Waals surface area contributed by atoms with Crippen molar-refractivity contribution in [3.63, 3.8) is 0 Å². The Morgan fingerprint density at radius 1 is 1.41 bits per heavy atom. The van der Waals surface area contributed by atoms with Crippen LogP contribution in [0.3, 0.4) is 0 Å². The molecule has 148 valence electrons. The Balaban J connectivity index is 1.80. The maximum atomic E-state index is 12.2. The lowest BCUT2D eigenvalue weighted by molar-refractivity contribution is -0.149. The Labute approximate surface area is 164 Å². The third-order valence-corrected chi connectivity index (χ3v) is 4.94. The molecule has 7 heteroatoms. The lowest BCUT2D eigenvalue weighted by Crippen LogP contribution is -2.31. The van der Waals surface area contributed by atoms with Crippen LogP contribution in [0.5, 0.6) is 5.75 Å². The van der Waals surface area contributed by atoms with E-state index in [0.717, 1.165) is 25.7 Å². The molecule has 0 bridgehead atoms. The highest BCUT2D eigenvalue weighted by Crippen LogP contribution is 2.36. The number of nitrogens with zero attached hydrogens (tertiary/aromatic N) is 1. The van der Waals surface area contributed by atoms with E-state index < -0.39 is 6.10 Å². The highest BCUT2D eigenvalue weighted by atomic mass is 35.5. The summed E-state index contributed by atoms with van der Waals surface area (Å²) in [6.45, 7) is 3.10. The van der Waals surface area contributed by atoms with Crippen molar-refractivity contribution in [2.75, 3.05) is 20.3 Å². The van der Waals surface area contributed by atoms with E-state index in [4.69, 9.17) is 30.6 Å². The van der Waals surface area contributed by atoms with Gasteiger partial charge in [-0.2, -0.15) is 0 Å². The molecule has 1 saturated carbocycles. The predicted molar refractivity (Wildman–Crippen MR) is 102 cm³/mol. The lowest BCUT2D eigenvalue weighted by atomic mass is 10.0. The molecule has 0 spiro atoms. The molecule has 0 amide bonds. The maximum absolute atomic E-state index is 12.2. The summed E-state index contributed by atoms with van der Waals surface area (Å²) in [4.78, 5) is 17.4. The first-order valence-electron chi connectivity index (χ1n) is 9.48. The smallest absolute Gasteiger partial charge is 0.347 e. The van der Waals surface area contributed by atoms with Crippen LogP contribution in [0.1, 0.15) is 44.6 Å². The van der Waals surface area contributed by atoms with Crippen molar-refractivity contribution in [3.05, 3.63) is 28.8 Å². The number of hydrogen-bond acceptors (Lipinski definition) is 6. The highest BCUT2D eigenvalue weighted by Gasteiger charge is 2.33. The maximum Gasteiger partial charge on any atom is 0.347 e. The average molecular weight is 396 g/mol. The minimum absolute atomic E-state index is 0.280. The molecule has 2 atom stereocenters. The number of oxime groups is 1. The summed E-state index contributed by atoms with van der Waals surface area (Å²) in [7, 11) is 1.38. The van der Waals surface area contributed by atoms with E-state index in [0.29, 0.717) is 47.6 Å². The topological polar surface area (TPSA) is 66.3 Å². The first-order chi connectivity index (χ1) is 13.1. The summed E-state index contributed by atoms with van der Waals surface area (Å²) < 4.78 is 16.9. The van der Waals surface area contributed by atoms with E-state index in [1.807, 2.05) is 0 Å². The van der Waals surface area contributed by atoms with Gasteiger partial charge in [0.05, 0.1) is 7.11 Å². The molecule has 1 aromatic rings. The molecule has 0 unspecified atom stereocenters. The van der Waals surface area contributed by atoms with E-state index in [-0.39, 0.29) is 12.1 Å². The van der Waals surface area contributed by atoms with E-state index >= 15 is 0 Å². The second-order valence-electron chi connectivity index (χ2n) is 6.93. The molecule has 0 saturated heterocycles. The van der Waals surface area contributed by atoms with Crippen LogP contribution in [0.15, 0.2) is 23.4 Å². The van der Waals surface area contributed by atoms with Crippen molar-refractivity contribution in [1.29, 1.82) is 0 Å². The molecule has 1 aliphatic carbocycles. The van der Waals surface area contributed by atoms with Crippen molar-refractivity contribution in [2.45, 2.75) is 51.2 Å². The highest BCUT2D eigenvalue weighted by molar-refractivity contribution is 6.31. The lowest BCUT2D eigenvalue weighted by Gasteiger charge is -2.20. The van der Waals surface area contributed by atoms with E-state index in [1.165, 1.54) is 7.11 Å². The second-order valence-corrected chi connectivity index (χ2v) is 7.37. The first-order valence-corrected chi connectivity index (χ1v) is 9.86. The van der Waals surface area contributed by atoms with Crippen LogP contribution >= 0.6 is 11.6 Å². The third-order valence-electron chi connectivity index (χ3n) is 4.71. The Bertz CT molecular complexity index is 689. The molecule has 0 radical (unpaired) electrons. The average Bonchev–Trinajstić information content (AvgIpc) is 3.37. The number of halogens is 1. The van der Waals surface area contributed by atoms with Crippen molar-refractivity contribution in [1.82, 2.24) is 0 Å². The number of hydrogen-bond donors (Lipinski definition) is 0. The van der Waals surface area contributed by atoms with Gasteiger partial charge in [-0.15, -0.1) is 0 Å². The quantitative estimate of drug-likeness (QED) is 0.443. The van der Waals surface area contributed by atoms with Gasteiger partial charge in [-0.1, -0.05) is 42.9 Å². The van der Waals surface area contributed by atoms with Gasteiger partial charge in [0.25, 0.3) is 0 Å². The standard InChI is InChI=1S/C20H26ClNO5/c1-3-4-9-25-18-12-26-22-19(18)15-11-14(21)7-8-16(15)27-17(20(23)24-2)10-13-5-6-13/h7-8,11,13,17-18H,3-6,9-10,12H2,1-2H3/t17-,18+/m0/s1. The SMILES string of the molecule is CCCCO[C@@H]1CON=C1c1cc(Cl)ccc1O[C@@H](CC1CC1)C(=O)OC. The fourth-order valence-corrected chi connectivity index (χ4v) is 3.14. The van der Waals surface area contributed by atoms with Crippen LogP contribution in [-0.4, -0.2) is 44.2 Å². The van der Waals surface area contributed by atoms with Crippen LogP contribution in [0.4, 0.5) is 0 Å². The zero-order valence-electron chi connectivity index (χ0n) is 15.8. The fourth-order valence-electron chi connectivity index (χ4n) is 2.97. The minimum Gasteiger partial charge on any atom is -0.478 e. The van der Waals surface area contributed by atoms with Crippen LogP contribution in [0.25, 0.3) is 0 Å². The number of esters is 1. The van der Waals surface area contributed by atoms with E-state index in [9.17, 15) is 4.79 Å². The van der Waals surface area contributed by atoms with E-state index in [1.54, 1.807) is 18.2 Å². The van der Waals surface area contributed by atoms with Gasteiger partial charge in [0, 0.05) is 17.2 Å². The van der Waals surface area contributed by atoms with Gasteiger partial charge < -0.3 is 19.0 Å².